The van der Waals surface area contributed by atoms with Gasteiger partial charge in [0.25, 0.3) is 0 Å². The Morgan fingerprint density at radius 3 is 2.47 bits per heavy atom. The molecular formula is C27H34FN3O3. The van der Waals surface area contributed by atoms with Crippen molar-refractivity contribution in [3.63, 3.8) is 0 Å². The van der Waals surface area contributed by atoms with Gasteiger partial charge >= 0.3 is 0 Å². The Morgan fingerprint density at radius 2 is 1.76 bits per heavy atom. The van der Waals surface area contributed by atoms with Crippen molar-refractivity contribution in [3.8, 4) is 11.3 Å². The van der Waals surface area contributed by atoms with Crippen LogP contribution in [0.3, 0.4) is 0 Å². The third-order valence-corrected chi connectivity index (χ3v) is 6.21. The lowest BCUT2D eigenvalue weighted by molar-refractivity contribution is 0.105. The summed E-state index contributed by atoms with van der Waals surface area (Å²) in [5.41, 5.74) is 2.66. The van der Waals surface area contributed by atoms with Crippen LogP contribution < -0.4 is 4.90 Å². The highest BCUT2D eigenvalue weighted by molar-refractivity contribution is 5.69. The summed E-state index contributed by atoms with van der Waals surface area (Å²) >= 11 is 0. The zero-order valence-electron chi connectivity index (χ0n) is 20.0. The van der Waals surface area contributed by atoms with E-state index in [1.807, 2.05) is 30.3 Å². The van der Waals surface area contributed by atoms with Gasteiger partial charge in [0.15, 0.2) is 0 Å². The number of ether oxygens (including phenoxy) is 1. The quantitative estimate of drug-likeness (QED) is 0.458. The summed E-state index contributed by atoms with van der Waals surface area (Å²) < 4.78 is 26.1. The van der Waals surface area contributed by atoms with Crippen LogP contribution in [0.5, 0.6) is 0 Å². The maximum absolute atomic E-state index is 14.8. The SMILES string of the molecule is CC(C)CCN(Cc1c(-c2ccccc2F)noc1N1CCOCC1)CC(O)c1ccccc1. The highest BCUT2D eigenvalue weighted by atomic mass is 19.1. The van der Waals surface area contributed by atoms with Crippen molar-refractivity contribution in [2.75, 3.05) is 44.3 Å². The van der Waals surface area contributed by atoms with Gasteiger partial charge in [0, 0.05) is 31.7 Å². The molecule has 3 aromatic rings. The molecule has 1 aliphatic heterocycles. The predicted molar refractivity (Wildman–Crippen MR) is 131 cm³/mol. The Hall–Kier alpha value is -2.74. The van der Waals surface area contributed by atoms with Gasteiger partial charge in [-0.1, -0.05) is 61.5 Å². The number of aliphatic hydroxyl groups excluding tert-OH is 1. The molecule has 4 rings (SSSR count). The second kappa shape index (κ2) is 11.6. The molecule has 7 heteroatoms. The summed E-state index contributed by atoms with van der Waals surface area (Å²) in [6.07, 6.45) is 0.353. The van der Waals surface area contributed by atoms with Crippen LogP contribution >= 0.6 is 0 Å². The number of anilines is 1. The second-order valence-electron chi connectivity index (χ2n) is 9.24. The van der Waals surface area contributed by atoms with E-state index < -0.39 is 6.10 Å². The van der Waals surface area contributed by atoms with Crippen molar-refractivity contribution in [3.05, 3.63) is 71.5 Å². The molecule has 1 fully saturated rings. The Bertz CT molecular complexity index is 1030. The molecule has 0 bridgehead atoms. The minimum absolute atomic E-state index is 0.330. The number of hydrogen-bond donors (Lipinski definition) is 1. The lowest BCUT2D eigenvalue weighted by Crippen LogP contribution is -2.37. The first-order valence-electron chi connectivity index (χ1n) is 12.0. The van der Waals surface area contributed by atoms with Crippen molar-refractivity contribution in [2.45, 2.75) is 32.9 Å². The Labute approximate surface area is 200 Å². The van der Waals surface area contributed by atoms with E-state index in [2.05, 4.69) is 28.8 Å². The molecule has 0 amide bonds. The Kier molecular flexibility index (Phi) is 8.32. The van der Waals surface area contributed by atoms with Crippen LogP contribution in [0, 0.1) is 11.7 Å². The van der Waals surface area contributed by atoms with Crippen LogP contribution in [-0.2, 0) is 11.3 Å². The number of halogens is 1. The van der Waals surface area contributed by atoms with Crippen molar-refractivity contribution in [1.82, 2.24) is 10.1 Å². The monoisotopic (exact) mass is 467 g/mol. The zero-order chi connectivity index (χ0) is 23.9. The van der Waals surface area contributed by atoms with Gasteiger partial charge < -0.3 is 19.3 Å². The summed E-state index contributed by atoms with van der Waals surface area (Å²) in [7, 11) is 0. The molecule has 1 aliphatic rings. The van der Waals surface area contributed by atoms with E-state index in [-0.39, 0.29) is 5.82 Å². The normalized spacial score (nSPS) is 15.3. The third-order valence-electron chi connectivity index (χ3n) is 6.21. The number of aliphatic hydroxyl groups is 1. The van der Waals surface area contributed by atoms with E-state index in [0.29, 0.717) is 62.5 Å². The van der Waals surface area contributed by atoms with Gasteiger partial charge in [-0.3, -0.25) is 4.90 Å². The predicted octanol–water partition coefficient (Wildman–Crippen LogP) is 4.90. The molecule has 1 N–H and O–H groups in total. The largest absolute Gasteiger partial charge is 0.387 e. The third kappa shape index (κ3) is 6.03. The number of rotatable bonds is 10. The van der Waals surface area contributed by atoms with E-state index in [1.165, 1.54) is 6.07 Å². The fourth-order valence-electron chi connectivity index (χ4n) is 4.25. The number of aromatic nitrogens is 1. The standard InChI is InChI=1S/C27H34FN3O3/c1-20(2)12-13-30(19-25(32)21-8-4-3-5-9-21)18-23-26(22-10-6-7-11-24(22)28)29-34-27(23)31-14-16-33-17-15-31/h3-11,20,25,32H,12-19H2,1-2H3. The molecule has 0 spiro atoms. The molecule has 6 nitrogen and oxygen atoms in total. The molecule has 2 heterocycles. The van der Waals surface area contributed by atoms with Crippen LogP contribution in [0.1, 0.15) is 37.5 Å². The average Bonchev–Trinajstić information content (AvgIpc) is 3.27. The van der Waals surface area contributed by atoms with E-state index in [1.54, 1.807) is 18.2 Å². The molecule has 1 unspecified atom stereocenters. The fourth-order valence-corrected chi connectivity index (χ4v) is 4.25. The summed E-state index contributed by atoms with van der Waals surface area (Å²) in [6, 6.07) is 16.3. The maximum Gasteiger partial charge on any atom is 0.232 e. The molecule has 1 saturated heterocycles. The molecule has 1 aromatic heterocycles. The van der Waals surface area contributed by atoms with Crippen molar-refractivity contribution in [1.29, 1.82) is 0 Å². The zero-order valence-corrected chi connectivity index (χ0v) is 20.0. The minimum Gasteiger partial charge on any atom is -0.387 e. The smallest absolute Gasteiger partial charge is 0.232 e. The van der Waals surface area contributed by atoms with Crippen molar-refractivity contribution in [2.24, 2.45) is 5.92 Å². The van der Waals surface area contributed by atoms with Gasteiger partial charge in [-0.2, -0.15) is 0 Å². The van der Waals surface area contributed by atoms with E-state index >= 15 is 0 Å². The van der Waals surface area contributed by atoms with Gasteiger partial charge in [-0.05, 0) is 36.6 Å². The van der Waals surface area contributed by atoms with Crippen LogP contribution in [0.25, 0.3) is 11.3 Å². The van der Waals surface area contributed by atoms with E-state index in [4.69, 9.17) is 9.26 Å². The second-order valence-corrected chi connectivity index (χ2v) is 9.24. The minimum atomic E-state index is -0.628. The Morgan fingerprint density at radius 1 is 1.06 bits per heavy atom. The molecular weight excluding hydrogens is 433 g/mol. The molecule has 0 aliphatic carbocycles. The molecule has 2 aromatic carbocycles. The lowest BCUT2D eigenvalue weighted by atomic mass is 10.0. The molecule has 0 saturated carbocycles. The molecule has 1 atom stereocenters. The van der Waals surface area contributed by atoms with Gasteiger partial charge in [-0.15, -0.1) is 0 Å². The number of nitrogens with zero attached hydrogens (tertiary/aromatic N) is 3. The molecule has 182 valence electrons. The fraction of sp³-hybridized carbons (Fsp3) is 0.444. The topological polar surface area (TPSA) is 62.0 Å². The van der Waals surface area contributed by atoms with Gasteiger partial charge in [0.2, 0.25) is 5.88 Å². The first kappa shape index (κ1) is 24.4. The maximum atomic E-state index is 14.8. The van der Waals surface area contributed by atoms with Crippen molar-refractivity contribution < 1.29 is 18.8 Å². The highest BCUT2D eigenvalue weighted by Crippen LogP contribution is 2.34. The number of hydrogen-bond acceptors (Lipinski definition) is 6. The molecule has 34 heavy (non-hydrogen) atoms. The number of morpholine rings is 1. The van der Waals surface area contributed by atoms with Gasteiger partial charge in [0.1, 0.15) is 11.5 Å². The summed E-state index contributed by atoms with van der Waals surface area (Å²) in [6.45, 7) is 8.74. The Balaban J connectivity index is 1.66. The van der Waals surface area contributed by atoms with E-state index in [0.717, 1.165) is 24.1 Å². The van der Waals surface area contributed by atoms with E-state index in [9.17, 15) is 9.50 Å². The van der Waals surface area contributed by atoms with Crippen molar-refractivity contribution >= 4 is 5.88 Å². The first-order valence-corrected chi connectivity index (χ1v) is 12.0. The summed E-state index contributed by atoms with van der Waals surface area (Å²) in [4.78, 5) is 4.34. The van der Waals surface area contributed by atoms with Crippen LogP contribution in [0.15, 0.2) is 59.1 Å². The average molecular weight is 468 g/mol. The summed E-state index contributed by atoms with van der Waals surface area (Å²) in [5, 5.41) is 15.3. The molecule has 0 radical (unpaired) electrons. The number of benzene rings is 2. The van der Waals surface area contributed by atoms with Crippen LogP contribution in [0.2, 0.25) is 0 Å². The highest BCUT2D eigenvalue weighted by Gasteiger charge is 2.27. The van der Waals surface area contributed by atoms with Gasteiger partial charge in [0.05, 0.1) is 24.9 Å². The summed E-state index contributed by atoms with van der Waals surface area (Å²) in [5.74, 6) is 0.845. The lowest BCUT2D eigenvalue weighted by Gasteiger charge is -2.29. The first-order chi connectivity index (χ1) is 16.5. The van der Waals surface area contributed by atoms with Gasteiger partial charge in [-0.25, -0.2) is 4.39 Å². The van der Waals surface area contributed by atoms with Crippen LogP contribution in [-0.4, -0.2) is 54.6 Å². The van der Waals surface area contributed by atoms with Crippen LogP contribution in [0.4, 0.5) is 10.3 Å².